The molecule has 0 radical (unpaired) electrons. The van der Waals surface area contributed by atoms with Gasteiger partial charge in [-0.2, -0.15) is 0 Å². The molecular formula is C27H22N2O. The first-order valence-electron chi connectivity index (χ1n) is 10.2. The molecule has 1 N–H and O–H groups in total. The van der Waals surface area contributed by atoms with Gasteiger partial charge in [-0.15, -0.1) is 0 Å². The fraction of sp³-hybridized carbons (Fsp3) is 0.148. The second-order valence-corrected chi connectivity index (χ2v) is 7.74. The number of aromatic amines is 1. The molecule has 146 valence electrons. The van der Waals surface area contributed by atoms with E-state index in [1.54, 1.807) is 0 Å². The molecular weight excluding hydrogens is 368 g/mol. The van der Waals surface area contributed by atoms with Gasteiger partial charge in [0.1, 0.15) is 0 Å². The van der Waals surface area contributed by atoms with Gasteiger partial charge in [-0.05, 0) is 42.7 Å². The van der Waals surface area contributed by atoms with Gasteiger partial charge in [-0.1, -0.05) is 72.1 Å². The van der Waals surface area contributed by atoms with Crippen LogP contribution in [-0.4, -0.2) is 22.3 Å². The van der Waals surface area contributed by atoms with Crippen LogP contribution in [0.1, 0.15) is 34.0 Å². The van der Waals surface area contributed by atoms with Crippen molar-refractivity contribution in [2.24, 2.45) is 0 Å². The number of carbonyl (C=O) groups excluding carboxylic acids is 1. The molecule has 4 aromatic rings. The average Bonchev–Trinajstić information content (AvgIpc) is 3.17. The fourth-order valence-corrected chi connectivity index (χ4v) is 4.27. The highest BCUT2D eigenvalue weighted by molar-refractivity contribution is 5.95. The fourth-order valence-electron chi connectivity index (χ4n) is 4.27. The van der Waals surface area contributed by atoms with Gasteiger partial charge in [0.25, 0.3) is 5.91 Å². The number of aromatic nitrogens is 1. The van der Waals surface area contributed by atoms with Crippen molar-refractivity contribution in [1.29, 1.82) is 0 Å². The molecule has 0 fully saturated rings. The van der Waals surface area contributed by atoms with Crippen LogP contribution in [0.3, 0.4) is 0 Å². The first-order valence-corrected chi connectivity index (χ1v) is 10.2. The smallest absolute Gasteiger partial charge is 0.299 e. The van der Waals surface area contributed by atoms with Crippen molar-refractivity contribution in [2.45, 2.75) is 19.4 Å². The summed E-state index contributed by atoms with van der Waals surface area (Å²) in [5.74, 6) is 5.74. The summed E-state index contributed by atoms with van der Waals surface area (Å²) in [5, 5.41) is 1.24. The number of H-pyrrole nitrogens is 1. The van der Waals surface area contributed by atoms with Gasteiger partial charge in [0.2, 0.25) is 0 Å². The molecule has 5 rings (SSSR count). The van der Waals surface area contributed by atoms with Gasteiger partial charge in [-0.3, -0.25) is 4.79 Å². The van der Waals surface area contributed by atoms with Crippen LogP contribution in [0, 0.1) is 18.8 Å². The van der Waals surface area contributed by atoms with Gasteiger partial charge in [0, 0.05) is 34.6 Å². The van der Waals surface area contributed by atoms with Gasteiger partial charge >= 0.3 is 0 Å². The van der Waals surface area contributed by atoms with Crippen molar-refractivity contribution in [1.82, 2.24) is 9.88 Å². The Morgan fingerprint density at radius 1 is 0.967 bits per heavy atom. The molecule has 1 unspecified atom stereocenters. The normalized spacial score (nSPS) is 15.4. The Labute approximate surface area is 176 Å². The number of amides is 1. The summed E-state index contributed by atoms with van der Waals surface area (Å²) >= 11 is 0. The number of benzene rings is 3. The molecule has 30 heavy (non-hydrogen) atoms. The Hall–Kier alpha value is -3.77. The lowest BCUT2D eigenvalue weighted by molar-refractivity contribution is -0.127. The summed E-state index contributed by atoms with van der Waals surface area (Å²) in [6, 6.07) is 26.3. The number of para-hydroxylation sites is 1. The van der Waals surface area contributed by atoms with Crippen LogP contribution in [0.15, 0.2) is 78.9 Å². The molecule has 1 amide bonds. The molecule has 1 atom stereocenters. The summed E-state index contributed by atoms with van der Waals surface area (Å²) in [7, 11) is 0. The van der Waals surface area contributed by atoms with E-state index in [2.05, 4.69) is 66.2 Å². The maximum atomic E-state index is 13.2. The highest BCUT2D eigenvalue weighted by Gasteiger charge is 2.33. The lowest BCUT2D eigenvalue weighted by atomic mass is 9.92. The summed E-state index contributed by atoms with van der Waals surface area (Å²) in [6.07, 6.45) is 0.820. The quantitative estimate of drug-likeness (QED) is 0.456. The van der Waals surface area contributed by atoms with Crippen LogP contribution in [-0.2, 0) is 11.2 Å². The predicted octanol–water partition coefficient (Wildman–Crippen LogP) is 5.00. The Bertz CT molecular complexity index is 1270. The van der Waals surface area contributed by atoms with Gasteiger partial charge in [0.05, 0.1) is 6.04 Å². The van der Waals surface area contributed by atoms with E-state index in [-0.39, 0.29) is 11.9 Å². The minimum absolute atomic E-state index is 0.145. The number of fused-ring (bicyclic) bond motifs is 3. The number of carbonyl (C=O) groups is 1. The zero-order valence-corrected chi connectivity index (χ0v) is 16.9. The van der Waals surface area contributed by atoms with E-state index >= 15 is 0 Å². The molecule has 1 aliphatic rings. The Morgan fingerprint density at radius 2 is 1.70 bits per heavy atom. The minimum atomic E-state index is -0.167. The van der Waals surface area contributed by atoms with Crippen molar-refractivity contribution in [3.63, 3.8) is 0 Å². The monoisotopic (exact) mass is 390 g/mol. The summed E-state index contributed by atoms with van der Waals surface area (Å²) in [5.41, 5.74) is 6.67. The predicted molar refractivity (Wildman–Crippen MR) is 120 cm³/mol. The highest BCUT2D eigenvalue weighted by Crippen LogP contribution is 2.38. The van der Waals surface area contributed by atoms with Crippen molar-refractivity contribution in [3.05, 3.63) is 107 Å². The molecule has 0 saturated carbocycles. The summed E-state index contributed by atoms with van der Waals surface area (Å²) < 4.78 is 0. The van der Waals surface area contributed by atoms with Crippen LogP contribution >= 0.6 is 0 Å². The molecule has 3 aromatic carbocycles. The number of hydrogen-bond acceptors (Lipinski definition) is 1. The lowest BCUT2D eigenvalue weighted by Gasteiger charge is -2.35. The molecule has 1 aliphatic heterocycles. The van der Waals surface area contributed by atoms with Gasteiger partial charge in [0.15, 0.2) is 0 Å². The highest BCUT2D eigenvalue weighted by atomic mass is 16.2. The van der Waals surface area contributed by atoms with Crippen LogP contribution in [0.25, 0.3) is 10.9 Å². The molecule has 0 aliphatic carbocycles. The summed E-state index contributed by atoms with van der Waals surface area (Å²) in [6.45, 7) is 2.73. The minimum Gasteiger partial charge on any atom is -0.356 e. The third kappa shape index (κ3) is 3.27. The third-order valence-corrected chi connectivity index (χ3v) is 5.78. The molecule has 0 bridgehead atoms. The van der Waals surface area contributed by atoms with Crippen molar-refractivity contribution in [2.75, 3.05) is 6.54 Å². The molecule has 0 spiro atoms. The first-order chi connectivity index (χ1) is 14.7. The van der Waals surface area contributed by atoms with Crippen molar-refractivity contribution in [3.8, 4) is 11.8 Å². The van der Waals surface area contributed by atoms with E-state index in [0.717, 1.165) is 28.8 Å². The standard InChI is InChI=1S/C27H22N2O/c1-19-11-14-21(15-12-19)27-26-23(22-9-5-6-10-24(22)28-26)17-18-29(27)25(30)16-13-20-7-3-2-4-8-20/h2-12,14-15,27-28H,17-18H2,1H3. The number of aryl methyl sites for hydroxylation is 1. The van der Waals surface area contributed by atoms with Crippen molar-refractivity contribution < 1.29 is 4.79 Å². The van der Waals surface area contributed by atoms with E-state index in [1.807, 2.05) is 41.3 Å². The van der Waals surface area contributed by atoms with E-state index in [4.69, 9.17) is 0 Å². The molecule has 0 saturated heterocycles. The zero-order valence-electron chi connectivity index (χ0n) is 16.9. The maximum Gasteiger partial charge on any atom is 0.299 e. The van der Waals surface area contributed by atoms with Crippen LogP contribution in [0.4, 0.5) is 0 Å². The lowest BCUT2D eigenvalue weighted by Crippen LogP contribution is -2.40. The second-order valence-electron chi connectivity index (χ2n) is 7.74. The van der Waals surface area contributed by atoms with Crippen molar-refractivity contribution >= 4 is 16.8 Å². The molecule has 2 heterocycles. The van der Waals surface area contributed by atoms with Gasteiger partial charge < -0.3 is 9.88 Å². The van der Waals surface area contributed by atoms with E-state index in [1.165, 1.54) is 16.5 Å². The number of rotatable bonds is 1. The number of nitrogens with one attached hydrogen (secondary N) is 1. The summed E-state index contributed by atoms with van der Waals surface area (Å²) in [4.78, 5) is 18.7. The first kappa shape index (κ1) is 18.3. The Balaban J connectivity index is 1.59. The van der Waals surface area contributed by atoms with Crippen LogP contribution in [0.2, 0.25) is 0 Å². The molecule has 1 aromatic heterocycles. The van der Waals surface area contributed by atoms with E-state index in [9.17, 15) is 4.79 Å². The second kappa shape index (κ2) is 7.57. The largest absolute Gasteiger partial charge is 0.356 e. The third-order valence-electron chi connectivity index (χ3n) is 5.78. The van der Waals surface area contributed by atoms with Gasteiger partial charge in [-0.25, -0.2) is 0 Å². The SMILES string of the molecule is Cc1ccc(C2c3[nH]c4ccccc4c3CCN2C(=O)C#Cc2ccccc2)cc1. The molecule has 3 heteroatoms. The van der Waals surface area contributed by atoms with E-state index < -0.39 is 0 Å². The molecule has 3 nitrogen and oxygen atoms in total. The Morgan fingerprint density at radius 3 is 2.50 bits per heavy atom. The average molecular weight is 390 g/mol. The topological polar surface area (TPSA) is 36.1 Å². The number of hydrogen-bond donors (Lipinski definition) is 1. The van der Waals surface area contributed by atoms with E-state index in [0.29, 0.717) is 6.54 Å². The number of nitrogens with zero attached hydrogens (tertiary/aromatic N) is 1. The zero-order chi connectivity index (χ0) is 20.5. The van der Waals surface area contributed by atoms with Crippen LogP contribution in [0.5, 0.6) is 0 Å². The maximum absolute atomic E-state index is 13.2. The Kier molecular flexibility index (Phi) is 4.61. The van der Waals surface area contributed by atoms with Crippen LogP contribution < -0.4 is 0 Å².